The predicted molar refractivity (Wildman–Crippen MR) is 134 cm³/mol. The van der Waals surface area contributed by atoms with Crippen LogP contribution in [-0.4, -0.2) is 78.3 Å². The third-order valence-corrected chi connectivity index (χ3v) is 6.51. The topological polar surface area (TPSA) is 126 Å². The van der Waals surface area contributed by atoms with Gasteiger partial charge in [0, 0.05) is 19.5 Å². The van der Waals surface area contributed by atoms with Gasteiger partial charge in [0.25, 0.3) is 0 Å². The largest absolute Gasteiger partial charge is 0.459 e. The van der Waals surface area contributed by atoms with Crippen molar-refractivity contribution in [1.82, 2.24) is 15.5 Å². The van der Waals surface area contributed by atoms with Crippen LogP contribution in [0.25, 0.3) is 0 Å². The summed E-state index contributed by atoms with van der Waals surface area (Å²) in [5.74, 6) is -2.13. The van der Waals surface area contributed by atoms with Gasteiger partial charge in [0.05, 0.1) is 18.8 Å². The molecular formula is C27H31F2N3O7. The number of amides is 2. The number of carbonyl (C=O) groups is 3. The van der Waals surface area contributed by atoms with Gasteiger partial charge in [-0.05, 0) is 30.2 Å². The van der Waals surface area contributed by atoms with Crippen LogP contribution in [0, 0.1) is 0 Å². The van der Waals surface area contributed by atoms with Gasteiger partial charge in [-0.1, -0.05) is 42.5 Å². The van der Waals surface area contributed by atoms with Crippen molar-refractivity contribution in [3.63, 3.8) is 0 Å². The van der Waals surface area contributed by atoms with E-state index in [1.165, 1.54) is 31.2 Å². The number of ether oxygens (including phenoxy) is 3. The van der Waals surface area contributed by atoms with Crippen LogP contribution in [0.5, 0.6) is 5.75 Å². The third-order valence-electron chi connectivity index (χ3n) is 6.51. The quantitative estimate of drug-likeness (QED) is 0.342. The molecule has 0 radical (unpaired) electrons. The van der Waals surface area contributed by atoms with Crippen LogP contribution in [0.15, 0.2) is 54.6 Å². The Kier molecular flexibility index (Phi) is 9.44. The molecule has 2 aromatic rings. The number of fused-ring (bicyclic) bond motifs is 2. The number of nitrogens with one attached hydrogen (secondary N) is 2. The molecule has 2 aromatic carbocycles. The van der Waals surface area contributed by atoms with Crippen molar-refractivity contribution >= 4 is 17.8 Å². The fourth-order valence-electron chi connectivity index (χ4n) is 4.53. The molecule has 5 atom stereocenters. The van der Waals surface area contributed by atoms with Crippen LogP contribution in [0.1, 0.15) is 30.6 Å². The lowest BCUT2D eigenvalue weighted by atomic mass is 9.99. The van der Waals surface area contributed by atoms with Crippen molar-refractivity contribution in [1.29, 1.82) is 0 Å². The van der Waals surface area contributed by atoms with Gasteiger partial charge < -0.3 is 30.0 Å². The van der Waals surface area contributed by atoms with Crippen molar-refractivity contribution in [3.8, 4) is 5.75 Å². The monoisotopic (exact) mass is 547 g/mol. The smallest absolute Gasteiger partial charge is 0.387 e. The molecule has 2 unspecified atom stereocenters. The van der Waals surface area contributed by atoms with E-state index < -0.39 is 36.7 Å². The molecule has 0 aliphatic carbocycles. The molecule has 3 aliphatic heterocycles. The van der Waals surface area contributed by atoms with E-state index in [0.717, 1.165) is 6.42 Å². The zero-order valence-corrected chi connectivity index (χ0v) is 21.3. The molecule has 5 rings (SSSR count). The molecule has 210 valence electrons. The maximum absolute atomic E-state index is 13.0. The number of nitrogens with zero attached hydrogens (tertiary/aromatic N) is 1. The highest BCUT2D eigenvalue weighted by atomic mass is 19.3. The summed E-state index contributed by atoms with van der Waals surface area (Å²) in [6, 6.07) is 11.3. The minimum Gasteiger partial charge on any atom is -0.459 e. The molecule has 3 N–H and O–H groups in total. The Balaban J connectivity index is 1.39. The van der Waals surface area contributed by atoms with Crippen LogP contribution in [0.3, 0.4) is 0 Å². The summed E-state index contributed by atoms with van der Waals surface area (Å²) in [5, 5.41) is 16.0. The van der Waals surface area contributed by atoms with Crippen molar-refractivity contribution in [2.75, 3.05) is 19.6 Å². The van der Waals surface area contributed by atoms with Crippen molar-refractivity contribution in [3.05, 3.63) is 65.7 Å². The van der Waals surface area contributed by atoms with E-state index in [9.17, 15) is 28.3 Å². The summed E-state index contributed by atoms with van der Waals surface area (Å²) in [6.07, 6.45) is -0.321. The number of morpholine rings is 1. The van der Waals surface area contributed by atoms with Gasteiger partial charge in [-0.15, -0.1) is 0 Å². The van der Waals surface area contributed by atoms with Gasteiger partial charge in [0.1, 0.15) is 24.5 Å². The van der Waals surface area contributed by atoms with Crippen LogP contribution in [0.4, 0.5) is 8.78 Å². The number of hydrogen-bond donors (Lipinski definition) is 3. The SMILES string of the molecule is C[C@H](NC(=O)CN1CC2CC(C1)O2)C(=O)N[C@H](C(=O)OCc1ccccc1)[C@H](O)c1ccc(OC(F)F)cc1. The first-order valence-corrected chi connectivity index (χ1v) is 12.6. The van der Waals surface area contributed by atoms with E-state index in [1.54, 1.807) is 30.3 Å². The first-order valence-electron chi connectivity index (χ1n) is 12.6. The van der Waals surface area contributed by atoms with E-state index >= 15 is 0 Å². The molecule has 3 aliphatic rings. The normalized spacial score (nSPS) is 20.7. The summed E-state index contributed by atoms with van der Waals surface area (Å²) in [6.45, 7) is -0.272. The Labute approximate surface area is 224 Å². The molecule has 2 amide bonds. The first-order chi connectivity index (χ1) is 18.7. The minimum atomic E-state index is -3.02. The van der Waals surface area contributed by atoms with E-state index in [2.05, 4.69) is 15.4 Å². The summed E-state index contributed by atoms with van der Waals surface area (Å²) < 4.78 is 40.2. The number of benzene rings is 2. The van der Waals surface area contributed by atoms with Crippen molar-refractivity contribution < 1.29 is 42.5 Å². The molecule has 3 heterocycles. The number of carbonyl (C=O) groups excluding carboxylic acids is 3. The van der Waals surface area contributed by atoms with Crippen LogP contribution in [0.2, 0.25) is 0 Å². The summed E-state index contributed by atoms with van der Waals surface area (Å²) in [4.78, 5) is 40.4. The van der Waals surface area contributed by atoms with Crippen LogP contribution >= 0.6 is 0 Å². The Morgan fingerprint density at radius 3 is 2.31 bits per heavy atom. The van der Waals surface area contributed by atoms with Gasteiger partial charge >= 0.3 is 12.6 Å². The number of aliphatic hydroxyl groups excluding tert-OH is 1. The Morgan fingerprint density at radius 2 is 1.69 bits per heavy atom. The maximum Gasteiger partial charge on any atom is 0.387 e. The van der Waals surface area contributed by atoms with Gasteiger partial charge in [-0.25, -0.2) is 4.79 Å². The van der Waals surface area contributed by atoms with Crippen LogP contribution in [-0.2, 0) is 30.5 Å². The second-order valence-corrected chi connectivity index (χ2v) is 9.57. The molecule has 2 bridgehead atoms. The average molecular weight is 548 g/mol. The van der Waals surface area contributed by atoms with Gasteiger partial charge in [-0.3, -0.25) is 14.5 Å². The molecule has 3 saturated heterocycles. The van der Waals surface area contributed by atoms with E-state index in [4.69, 9.17) is 9.47 Å². The fraction of sp³-hybridized carbons (Fsp3) is 0.444. The lowest BCUT2D eigenvalue weighted by Gasteiger charge is -2.46. The Hall–Kier alpha value is -3.61. The summed E-state index contributed by atoms with van der Waals surface area (Å²) in [5.41, 5.74) is 0.849. The number of alkyl halides is 2. The second-order valence-electron chi connectivity index (χ2n) is 9.57. The van der Waals surface area contributed by atoms with E-state index in [-0.39, 0.29) is 42.6 Å². The van der Waals surface area contributed by atoms with Gasteiger partial charge in [0.15, 0.2) is 6.04 Å². The van der Waals surface area contributed by atoms with E-state index in [1.807, 2.05) is 4.90 Å². The average Bonchev–Trinajstić information content (AvgIpc) is 2.90. The second kappa shape index (κ2) is 13.0. The number of aliphatic hydroxyl groups is 1. The lowest BCUT2D eigenvalue weighted by molar-refractivity contribution is -0.181. The highest BCUT2D eigenvalue weighted by molar-refractivity contribution is 5.91. The summed E-state index contributed by atoms with van der Waals surface area (Å²) in [7, 11) is 0. The molecule has 0 saturated carbocycles. The molecule has 3 fully saturated rings. The van der Waals surface area contributed by atoms with Crippen molar-refractivity contribution in [2.24, 2.45) is 0 Å². The number of esters is 1. The molecule has 39 heavy (non-hydrogen) atoms. The standard InChI is InChI=1S/C27H31F2N3O7/c1-16(30-22(33)14-32-12-20-11-21(13-32)38-20)25(35)31-23(26(36)37-15-17-5-3-2-4-6-17)24(34)18-7-9-19(10-8-18)39-27(28)29/h2-10,16,20-21,23-24,27,34H,11-15H2,1H3,(H,30,33)(H,31,35)/t16-,20?,21?,23-,24+/m0/s1. The summed E-state index contributed by atoms with van der Waals surface area (Å²) >= 11 is 0. The predicted octanol–water partition coefficient (Wildman–Crippen LogP) is 1.53. The Morgan fingerprint density at radius 1 is 1.05 bits per heavy atom. The molecular weight excluding hydrogens is 516 g/mol. The van der Waals surface area contributed by atoms with Gasteiger partial charge in [0.2, 0.25) is 11.8 Å². The highest BCUT2D eigenvalue weighted by Crippen LogP contribution is 2.27. The molecule has 0 spiro atoms. The minimum absolute atomic E-state index is 0.103. The Bertz CT molecular complexity index is 1120. The lowest BCUT2D eigenvalue weighted by Crippen LogP contribution is -2.59. The zero-order valence-electron chi connectivity index (χ0n) is 21.3. The third kappa shape index (κ3) is 7.94. The van der Waals surface area contributed by atoms with Crippen LogP contribution < -0.4 is 15.4 Å². The number of piperidine rings is 1. The van der Waals surface area contributed by atoms with Crippen molar-refractivity contribution in [2.45, 2.75) is 57.0 Å². The van der Waals surface area contributed by atoms with E-state index in [0.29, 0.717) is 18.7 Å². The molecule has 10 nitrogen and oxygen atoms in total. The number of rotatable bonds is 12. The molecule has 12 heteroatoms. The fourth-order valence-corrected chi connectivity index (χ4v) is 4.53. The zero-order chi connectivity index (χ0) is 27.9. The first kappa shape index (κ1) is 28.4. The molecule has 0 aromatic heterocycles. The highest BCUT2D eigenvalue weighted by Gasteiger charge is 2.39. The number of halogens is 2. The van der Waals surface area contributed by atoms with Gasteiger partial charge in [-0.2, -0.15) is 8.78 Å². The number of hydrogen-bond acceptors (Lipinski definition) is 8. The maximum atomic E-state index is 13.0.